The molecule has 0 spiro atoms. The van der Waals surface area contributed by atoms with Crippen LogP contribution >= 0.6 is 11.6 Å². The predicted molar refractivity (Wildman–Crippen MR) is 84.8 cm³/mol. The summed E-state index contributed by atoms with van der Waals surface area (Å²) in [6, 6.07) is 7.01. The Hall–Kier alpha value is -2.38. The number of ether oxygens (including phenoxy) is 1. The van der Waals surface area contributed by atoms with Crippen LogP contribution in [0.3, 0.4) is 0 Å². The summed E-state index contributed by atoms with van der Waals surface area (Å²) in [5.41, 5.74) is 0.731. The zero-order valence-electron chi connectivity index (χ0n) is 12.6. The van der Waals surface area contributed by atoms with Gasteiger partial charge in [0.25, 0.3) is 5.91 Å². The van der Waals surface area contributed by atoms with E-state index < -0.39 is 12.1 Å². The molecule has 1 aromatic heterocycles. The van der Waals surface area contributed by atoms with Crippen LogP contribution in [0.5, 0.6) is 0 Å². The minimum atomic E-state index is -0.965. The van der Waals surface area contributed by atoms with Gasteiger partial charge in [-0.05, 0) is 12.1 Å². The number of halogens is 1. The molecule has 0 saturated carbocycles. The second-order valence-corrected chi connectivity index (χ2v) is 5.76. The van der Waals surface area contributed by atoms with Gasteiger partial charge < -0.3 is 19.2 Å². The second kappa shape index (κ2) is 7.02. The van der Waals surface area contributed by atoms with Crippen LogP contribution in [-0.4, -0.2) is 52.7 Å². The number of amides is 1. The molecule has 126 valence electrons. The van der Waals surface area contributed by atoms with Crippen molar-refractivity contribution in [3.63, 3.8) is 0 Å². The predicted octanol–water partition coefficient (Wildman–Crippen LogP) is 2.31. The molecule has 2 aromatic rings. The lowest BCUT2D eigenvalue weighted by atomic mass is 10.1. The van der Waals surface area contributed by atoms with E-state index in [2.05, 4.69) is 4.98 Å². The van der Waals surface area contributed by atoms with Crippen molar-refractivity contribution in [2.45, 2.75) is 12.5 Å². The van der Waals surface area contributed by atoms with Gasteiger partial charge in [0.05, 0.1) is 24.2 Å². The van der Waals surface area contributed by atoms with E-state index in [9.17, 15) is 9.59 Å². The van der Waals surface area contributed by atoms with E-state index in [1.165, 1.54) is 11.3 Å². The van der Waals surface area contributed by atoms with Crippen molar-refractivity contribution in [3.05, 3.63) is 41.4 Å². The topological polar surface area (TPSA) is 92.9 Å². The number of carboxylic acids is 1. The third-order valence-electron chi connectivity index (χ3n) is 3.72. The number of morpholine rings is 1. The Bertz CT molecular complexity index is 760. The van der Waals surface area contributed by atoms with Gasteiger partial charge >= 0.3 is 5.97 Å². The Morgan fingerprint density at radius 3 is 2.92 bits per heavy atom. The zero-order chi connectivity index (χ0) is 17.1. The molecular formula is C16H15ClN2O5. The summed E-state index contributed by atoms with van der Waals surface area (Å²) in [5.74, 6) is -1.00. The SMILES string of the molecule is O=C(O)CC1CN(C(=O)c2ncoc2-c2ccccc2Cl)CCO1. The van der Waals surface area contributed by atoms with E-state index in [4.69, 9.17) is 25.9 Å². The lowest BCUT2D eigenvalue weighted by Crippen LogP contribution is -2.46. The maximum atomic E-state index is 12.8. The fourth-order valence-corrected chi connectivity index (χ4v) is 2.83. The molecule has 3 rings (SSSR count). The summed E-state index contributed by atoms with van der Waals surface area (Å²) in [7, 11) is 0. The molecule has 1 fully saturated rings. The average Bonchev–Trinajstić information content (AvgIpc) is 3.03. The number of carboxylic acid groups (broad SMARTS) is 1. The van der Waals surface area contributed by atoms with Gasteiger partial charge in [-0.2, -0.15) is 0 Å². The molecule has 7 nitrogen and oxygen atoms in total. The van der Waals surface area contributed by atoms with Gasteiger partial charge in [0, 0.05) is 18.7 Å². The summed E-state index contributed by atoms with van der Waals surface area (Å²) in [6.07, 6.45) is 0.511. The van der Waals surface area contributed by atoms with Gasteiger partial charge in [0.15, 0.2) is 17.8 Å². The van der Waals surface area contributed by atoms with Gasteiger partial charge in [-0.3, -0.25) is 9.59 Å². The number of benzene rings is 1. The molecule has 1 atom stereocenters. The van der Waals surface area contributed by atoms with Crippen molar-refractivity contribution in [2.24, 2.45) is 0 Å². The number of aromatic nitrogens is 1. The smallest absolute Gasteiger partial charge is 0.306 e. The average molecular weight is 351 g/mol. The van der Waals surface area contributed by atoms with Crippen molar-refractivity contribution in [2.75, 3.05) is 19.7 Å². The fourth-order valence-electron chi connectivity index (χ4n) is 2.61. The molecule has 2 heterocycles. The number of hydrogen-bond donors (Lipinski definition) is 1. The highest BCUT2D eigenvalue weighted by atomic mass is 35.5. The molecule has 0 radical (unpaired) electrons. The normalized spacial score (nSPS) is 17.7. The summed E-state index contributed by atoms with van der Waals surface area (Å²) in [5, 5.41) is 9.33. The summed E-state index contributed by atoms with van der Waals surface area (Å²) in [6.45, 7) is 0.840. The van der Waals surface area contributed by atoms with Crippen LogP contribution in [0.2, 0.25) is 5.02 Å². The summed E-state index contributed by atoms with van der Waals surface area (Å²) >= 11 is 6.16. The fraction of sp³-hybridized carbons (Fsp3) is 0.312. The van der Waals surface area contributed by atoms with Crippen molar-refractivity contribution >= 4 is 23.5 Å². The van der Waals surface area contributed by atoms with Gasteiger partial charge in [-0.15, -0.1) is 0 Å². The van der Waals surface area contributed by atoms with E-state index in [1.54, 1.807) is 24.3 Å². The van der Waals surface area contributed by atoms with Crippen LogP contribution < -0.4 is 0 Å². The lowest BCUT2D eigenvalue weighted by Gasteiger charge is -2.31. The van der Waals surface area contributed by atoms with Crippen molar-refractivity contribution < 1.29 is 23.8 Å². The van der Waals surface area contributed by atoms with Crippen LogP contribution in [-0.2, 0) is 9.53 Å². The molecule has 1 aromatic carbocycles. The molecule has 24 heavy (non-hydrogen) atoms. The number of aliphatic carboxylic acids is 1. The largest absolute Gasteiger partial charge is 0.481 e. The number of carbonyl (C=O) groups is 2. The Balaban J connectivity index is 1.83. The van der Waals surface area contributed by atoms with Gasteiger partial charge in [0.2, 0.25) is 0 Å². The van der Waals surface area contributed by atoms with Gasteiger partial charge in [-0.25, -0.2) is 4.98 Å². The first kappa shape index (κ1) is 16.5. The van der Waals surface area contributed by atoms with Crippen molar-refractivity contribution in [1.29, 1.82) is 0 Å². The van der Waals surface area contributed by atoms with Crippen LogP contribution in [0.1, 0.15) is 16.9 Å². The first-order valence-corrected chi connectivity index (χ1v) is 7.75. The van der Waals surface area contributed by atoms with E-state index in [-0.39, 0.29) is 31.2 Å². The summed E-state index contributed by atoms with van der Waals surface area (Å²) in [4.78, 5) is 29.1. The molecule has 0 aliphatic carbocycles. The molecule has 1 aliphatic heterocycles. The lowest BCUT2D eigenvalue weighted by molar-refractivity contribution is -0.141. The first-order chi connectivity index (χ1) is 11.6. The molecule has 8 heteroatoms. The monoisotopic (exact) mass is 350 g/mol. The van der Waals surface area contributed by atoms with Crippen LogP contribution in [0.25, 0.3) is 11.3 Å². The number of carbonyl (C=O) groups excluding carboxylic acids is 1. The molecule has 1 N–H and O–H groups in total. The Kier molecular flexibility index (Phi) is 4.82. The van der Waals surface area contributed by atoms with Crippen LogP contribution in [0.15, 0.2) is 35.1 Å². The molecule has 1 amide bonds. The van der Waals surface area contributed by atoms with Crippen LogP contribution in [0, 0.1) is 0 Å². The molecule has 1 unspecified atom stereocenters. The van der Waals surface area contributed by atoms with E-state index in [0.717, 1.165) is 0 Å². The highest BCUT2D eigenvalue weighted by Crippen LogP contribution is 2.30. The quantitative estimate of drug-likeness (QED) is 0.909. The highest BCUT2D eigenvalue weighted by Gasteiger charge is 2.30. The number of oxazole rings is 1. The van der Waals surface area contributed by atoms with E-state index in [0.29, 0.717) is 22.9 Å². The van der Waals surface area contributed by atoms with E-state index in [1.807, 2.05) is 0 Å². The Morgan fingerprint density at radius 2 is 2.17 bits per heavy atom. The number of rotatable bonds is 4. The third-order valence-corrected chi connectivity index (χ3v) is 4.05. The second-order valence-electron chi connectivity index (χ2n) is 5.35. The molecular weight excluding hydrogens is 336 g/mol. The van der Waals surface area contributed by atoms with Crippen LogP contribution in [0.4, 0.5) is 0 Å². The Morgan fingerprint density at radius 1 is 1.38 bits per heavy atom. The number of hydrogen-bond acceptors (Lipinski definition) is 5. The van der Waals surface area contributed by atoms with Crippen molar-refractivity contribution in [3.8, 4) is 11.3 Å². The van der Waals surface area contributed by atoms with E-state index >= 15 is 0 Å². The molecule has 1 saturated heterocycles. The maximum Gasteiger partial charge on any atom is 0.306 e. The highest BCUT2D eigenvalue weighted by molar-refractivity contribution is 6.33. The van der Waals surface area contributed by atoms with Gasteiger partial charge in [-0.1, -0.05) is 23.7 Å². The first-order valence-electron chi connectivity index (χ1n) is 7.37. The maximum absolute atomic E-state index is 12.8. The Labute approximate surface area is 142 Å². The molecule has 1 aliphatic rings. The third kappa shape index (κ3) is 3.42. The van der Waals surface area contributed by atoms with Crippen molar-refractivity contribution in [1.82, 2.24) is 9.88 Å². The standard InChI is InChI=1S/C16H15ClN2O5/c17-12-4-2-1-3-11(12)15-14(18-9-24-15)16(22)19-5-6-23-10(8-19)7-13(20)21/h1-4,9-10H,5-8H2,(H,20,21). The molecule has 0 bridgehead atoms. The minimum absolute atomic E-state index is 0.152. The number of nitrogens with zero attached hydrogens (tertiary/aromatic N) is 2. The van der Waals surface area contributed by atoms with Gasteiger partial charge in [0.1, 0.15) is 0 Å². The zero-order valence-corrected chi connectivity index (χ0v) is 13.4. The summed E-state index contributed by atoms with van der Waals surface area (Å²) < 4.78 is 10.7. The minimum Gasteiger partial charge on any atom is -0.481 e.